The van der Waals surface area contributed by atoms with E-state index in [-0.39, 0.29) is 5.84 Å². The van der Waals surface area contributed by atoms with Gasteiger partial charge in [0.25, 0.3) is 0 Å². The normalized spacial score (nSPS) is 11.3. The van der Waals surface area contributed by atoms with Crippen molar-refractivity contribution in [2.45, 2.75) is 6.42 Å². The summed E-state index contributed by atoms with van der Waals surface area (Å²) in [5.74, 6) is 0.727. The van der Waals surface area contributed by atoms with Gasteiger partial charge in [-0.05, 0) is 38.4 Å². The predicted octanol–water partition coefficient (Wildman–Crippen LogP) is 1.18. The third kappa shape index (κ3) is 3.04. The summed E-state index contributed by atoms with van der Waals surface area (Å²) in [6.07, 6.45) is 4.22. The standard InChI is InChI=1S/C16H19N7/c1-22(2)10-7-14-20-16-12(15(17)18)3-4-13(23(16)21-14)11-5-8-19-9-6-11/h3-6,8-9H,7,10H2,1-2H3,(H3,17,18). The van der Waals surface area contributed by atoms with Crippen LogP contribution in [0.25, 0.3) is 16.9 Å². The summed E-state index contributed by atoms with van der Waals surface area (Å²) in [5, 5.41) is 12.4. The Labute approximate surface area is 134 Å². The molecule has 0 unspecified atom stereocenters. The van der Waals surface area contributed by atoms with E-state index in [0.29, 0.717) is 11.2 Å². The van der Waals surface area contributed by atoms with E-state index < -0.39 is 0 Å². The molecule has 0 saturated carbocycles. The molecule has 0 amide bonds. The van der Waals surface area contributed by atoms with Crippen molar-refractivity contribution < 1.29 is 0 Å². The van der Waals surface area contributed by atoms with Crippen LogP contribution in [0.3, 0.4) is 0 Å². The van der Waals surface area contributed by atoms with Gasteiger partial charge in [0.1, 0.15) is 5.84 Å². The Balaban J connectivity index is 2.15. The van der Waals surface area contributed by atoms with Gasteiger partial charge in [-0.15, -0.1) is 0 Å². The fraction of sp³-hybridized carbons (Fsp3) is 0.250. The van der Waals surface area contributed by atoms with Crippen LogP contribution in [0.15, 0.2) is 36.7 Å². The molecule has 7 heteroatoms. The average molecular weight is 309 g/mol. The molecule has 0 fully saturated rings. The first-order chi connectivity index (χ1) is 11.1. The number of pyridine rings is 2. The molecule has 3 heterocycles. The molecule has 0 saturated heterocycles. The first-order valence-corrected chi connectivity index (χ1v) is 7.34. The van der Waals surface area contributed by atoms with Gasteiger partial charge in [-0.1, -0.05) is 0 Å². The summed E-state index contributed by atoms with van der Waals surface area (Å²) >= 11 is 0. The highest BCUT2D eigenvalue weighted by atomic mass is 15.3. The number of nitrogens with one attached hydrogen (secondary N) is 1. The topological polar surface area (TPSA) is 96.2 Å². The highest BCUT2D eigenvalue weighted by Gasteiger charge is 2.14. The number of amidine groups is 1. The van der Waals surface area contributed by atoms with Crippen molar-refractivity contribution in [1.29, 1.82) is 5.41 Å². The monoisotopic (exact) mass is 309 g/mol. The Kier molecular flexibility index (Phi) is 4.03. The number of likely N-dealkylation sites (N-methyl/N-ethyl adjacent to an activating group) is 1. The van der Waals surface area contributed by atoms with Gasteiger partial charge >= 0.3 is 0 Å². The second-order valence-electron chi connectivity index (χ2n) is 5.60. The molecule has 3 aromatic heterocycles. The van der Waals surface area contributed by atoms with E-state index in [1.54, 1.807) is 16.9 Å². The van der Waals surface area contributed by atoms with Crippen LogP contribution in [0, 0.1) is 5.41 Å². The van der Waals surface area contributed by atoms with Gasteiger partial charge in [-0.2, -0.15) is 5.10 Å². The second-order valence-corrected chi connectivity index (χ2v) is 5.60. The van der Waals surface area contributed by atoms with Gasteiger partial charge < -0.3 is 10.6 Å². The minimum absolute atomic E-state index is 0.0113. The molecule has 0 radical (unpaired) electrons. The molecule has 0 aliphatic rings. The number of rotatable bonds is 5. The molecule has 0 bridgehead atoms. The average Bonchev–Trinajstić information content (AvgIpc) is 2.96. The van der Waals surface area contributed by atoms with Gasteiger partial charge in [0.05, 0.1) is 11.3 Å². The maximum absolute atomic E-state index is 7.75. The summed E-state index contributed by atoms with van der Waals surface area (Å²) in [6.45, 7) is 0.858. The first-order valence-electron chi connectivity index (χ1n) is 7.34. The molecule has 118 valence electrons. The fourth-order valence-electron chi connectivity index (χ4n) is 2.39. The molecule has 0 aliphatic carbocycles. The molecule has 0 aliphatic heterocycles. The second kappa shape index (κ2) is 6.13. The van der Waals surface area contributed by atoms with Crippen molar-refractivity contribution in [1.82, 2.24) is 24.5 Å². The lowest BCUT2D eigenvalue weighted by Crippen LogP contribution is -2.15. The molecular weight excluding hydrogens is 290 g/mol. The zero-order chi connectivity index (χ0) is 16.4. The molecule has 3 rings (SSSR count). The summed E-state index contributed by atoms with van der Waals surface area (Å²) in [7, 11) is 4.03. The Morgan fingerprint density at radius 3 is 2.61 bits per heavy atom. The maximum Gasteiger partial charge on any atom is 0.167 e. The van der Waals surface area contributed by atoms with Crippen molar-refractivity contribution in [2.75, 3.05) is 20.6 Å². The Bertz CT molecular complexity index is 836. The van der Waals surface area contributed by atoms with Crippen molar-refractivity contribution in [3.05, 3.63) is 48.0 Å². The van der Waals surface area contributed by atoms with Gasteiger partial charge in [0, 0.05) is 30.9 Å². The van der Waals surface area contributed by atoms with E-state index in [2.05, 4.69) is 20.0 Å². The minimum Gasteiger partial charge on any atom is -0.384 e. The van der Waals surface area contributed by atoms with E-state index in [1.807, 2.05) is 38.4 Å². The van der Waals surface area contributed by atoms with E-state index in [0.717, 1.165) is 30.0 Å². The molecule has 23 heavy (non-hydrogen) atoms. The fourth-order valence-corrected chi connectivity index (χ4v) is 2.39. The number of hydrogen-bond acceptors (Lipinski definition) is 5. The van der Waals surface area contributed by atoms with Gasteiger partial charge in [-0.3, -0.25) is 10.4 Å². The number of nitrogens with two attached hydrogens (primary N) is 1. The van der Waals surface area contributed by atoms with Crippen LogP contribution in [0.4, 0.5) is 0 Å². The Morgan fingerprint density at radius 1 is 1.22 bits per heavy atom. The molecular formula is C16H19N7. The van der Waals surface area contributed by atoms with Gasteiger partial charge in [0.2, 0.25) is 0 Å². The number of nitrogen functional groups attached to an aromatic ring is 1. The smallest absolute Gasteiger partial charge is 0.167 e. The van der Waals surface area contributed by atoms with Gasteiger partial charge in [-0.25, -0.2) is 9.50 Å². The van der Waals surface area contributed by atoms with Crippen molar-refractivity contribution in [2.24, 2.45) is 5.73 Å². The number of nitrogens with zero attached hydrogens (tertiary/aromatic N) is 5. The predicted molar refractivity (Wildman–Crippen MR) is 89.5 cm³/mol. The van der Waals surface area contributed by atoms with Crippen LogP contribution in [-0.2, 0) is 6.42 Å². The third-order valence-corrected chi connectivity index (χ3v) is 3.58. The van der Waals surface area contributed by atoms with E-state index in [9.17, 15) is 0 Å². The zero-order valence-electron chi connectivity index (χ0n) is 13.2. The van der Waals surface area contributed by atoms with Crippen LogP contribution >= 0.6 is 0 Å². The molecule has 0 aromatic carbocycles. The number of hydrogen-bond donors (Lipinski definition) is 2. The minimum atomic E-state index is -0.0113. The van der Waals surface area contributed by atoms with Crippen molar-refractivity contribution >= 4 is 11.5 Å². The molecule has 7 nitrogen and oxygen atoms in total. The third-order valence-electron chi connectivity index (χ3n) is 3.58. The Morgan fingerprint density at radius 2 is 1.96 bits per heavy atom. The number of aromatic nitrogens is 4. The molecule has 3 aromatic rings. The first kappa shape index (κ1) is 15.1. The zero-order valence-corrected chi connectivity index (χ0v) is 13.2. The molecule has 0 spiro atoms. The van der Waals surface area contributed by atoms with Crippen molar-refractivity contribution in [3.8, 4) is 11.3 Å². The summed E-state index contributed by atoms with van der Waals surface area (Å²) in [6, 6.07) is 7.56. The van der Waals surface area contributed by atoms with Crippen LogP contribution in [0.5, 0.6) is 0 Å². The largest absolute Gasteiger partial charge is 0.384 e. The summed E-state index contributed by atoms with van der Waals surface area (Å²) < 4.78 is 1.76. The molecule has 0 atom stereocenters. The Hall–Kier alpha value is -2.80. The van der Waals surface area contributed by atoms with Crippen molar-refractivity contribution in [3.63, 3.8) is 0 Å². The number of fused-ring (bicyclic) bond motifs is 1. The van der Waals surface area contributed by atoms with Gasteiger partial charge in [0.15, 0.2) is 11.5 Å². The lowest BCUT2D eigenvalue weighted by molar-refractivity contribution is 0.409. The lowest BCUT2D eigenvalue weighted by atomic mass is 10.1. The highest BCUT2D eigenvalue weighted by molar-refractivity contribution is 6.00. The highest BCUT2D eigenvalue weighted by Crippen LogP contribution is 2.21. The quantitative estimate of drug-likeness (QED) is 0.545. The molecule has 3 N–H and O–H groups in total. The summed E-state index contributed by atoms with van der Waals surface area (Å²) in [4.78, 5) is 10.7. The lowest BCUT2D eigenvalue weighted by Gasteiger charge is -2.07. The van der Waals surface area contributed by atoms with E-state index in [4.69, 9.17) is 11.1 Å². The van der Waals surface area contributed by atoms with E-state index >= 15 is 0 Å². The van der Waals surface area contributed by atoms with Crippen LogP contribution in [0.1, 0.15) is 11.4 Å². The van der Waals surface area contributed by atoms with E-state index in [1.165, 1.54) is 0 Å². The summed E-state index contributed by atoms with van der Waals surface area (Å²) in [5.41, 5.74) is 8.77. The SMILES string of the molecule is CN(C)CCc1nc2c(C(=N)N)ccc(-c3ccncc3)n2n1. The maximum atomic E-state index is 7.75. The van der Waals surface area contributed by atoms with Crippen LogP contribution < -0.4 is 5.73 Å². The van der Waals surface area contributed by atoms with Crippen LogP contribution in [-0.4, -0.2) is 51.0 Å². The van der Waals surface area contributed by atoms with Crippen LogP contribution in [0.2, 0.25) is 0 Å².